The van der Waals surface area contributed by atoms with E-state index in [9.17, 15) is 37.1 Å². The minimum Gasteiger partial charge on any atom is -0.481 e. The number of amides is 1. The largest absolute Gasteiger partial charge is 0.481 e. The summed E-state index contributed by atoms with van der Waals surface area (Å²) in [6, 6.07) is 5.21. The highest BCUT2D eigenvalue weighted by molar-refractivity contribution is 5.82. The van der Waals surface area contributed by atoms with E-state index in [-0.39, 0.29) is 42.3 Å². The van der Waals surface area contributed by atoms with Crippen LogP contribution in [0.15, 0.2) is 41.3 Å². The highest BCUT2D eigenvalue weighted by Crippen LogP contribution is 2.39. The first-order valence-electron chi connectivity index (χ1n) is 17.7. The van der Waals surface area contributed by atoms with Crippen LogP contribution < -0.4 is 10.9 Å². The number of hydrogen-bond acceptors (Lipinski definition) is 5. The molecule has 8 nitrogen and oxygen atoms in total. The van der Waals surface area contributed by atoms with Gasteiger partial charge in [-0.25, -0.2) is 4.39 Å². The second-order valence-corrected chi connectivity index (χ2v) is 14.8. The molecule has 0 radical (unpaired) electrons. The van der Waals surface area contributed by atoms with Crippen molar-refractivity contribution in [2.24, 2.45) is 5.92 Å². The van der Waals surface area contributed by atoms with Crippen LogP contribution in [0.5, 0.6) is 0 Å². The van der Waals surface area contributed by atoms with Gasteiger partial charge < -0.3 is 19.7 Å². The zero-order chi connectivity index (χ0) is 36.8. The van der Waals surface area contributed by atoms with E-state index in [1.165, 1.54) is 18.3 Å². The van der Waals surface area contributed by atoms with Crippen LogP contribution in [0.3, 0.4) is 0 Å². The number of carbonyl (C=O) groups is 2. The van der Waals surface area contributed by atoms with Gasteiger partial charge in [0.25, 0.3) is 5.56 Å². The quantitative estimate of drug-likeness (QED) is 0.203. The van der Waals surface area contributed by atoms with E-state index < -0.39 is 47.7 Å². The molecule has 1 aromatic heterocycles. The number of carboxylic acid groups (broad SMARTS) is 1. The molecule has 51 heavy (non-hydrogen) atoms. The normalized spacial score (nSPS) is 19.8. The zero-order valence-corrected chi connectivity index (χ0v) is 29.4. The average Bonchev–Trinajstić information content (AvgIpc) is 3.79. The van der Waals surface area contributed by atoms with Crippen molar-refractivity contribution in [3.63, 3.8) is 0 Å². The number of nitrogens with one attached hydrogen (secondary N) is 1. The Labute approximate surface area is 294 Å². The lowest BCUT2D eigenvalue weighted by Crippen LogP contribution is -2.41. The third-order valence-corrected chi connectivity index (χ3v) is 10.6. The summed E-state index contributed by atoms with van der Waals surface area (Å²) < 4.78 is 63.7. The molecule has 4 atom stereocenters. The molecule has 274 valence electrons. The molecule has 2 aliphatic heterocycles. The third kappa shape index (κ3) is 7.91. The van der Waals surface area contributed by atoms with Crippen molar-refractivity contribution in [2.75, 3.05) is 19.7 Å². The van der Waals surface area contributed by atoms with E-state index in [1.807, 2.05) is 39.8 Å². The van der Waals surface area contributed by atoms with Gasteiger partial charge in [0.15, 0.2) is 0 Å². The number of halogens is 4. The molecule has 6 rings (SSSR count). The molecule has 12 heteroatoms. The number of aryl methyl sites for hydroxylation is 3. The summed E-state index contributed by atoms with van der Waals surface area (Å²) in [7, 11) is 0. The Hall–Kier alpha value is -4.03. The molecule has 2 aromatic carbocycles. The molecule has 3 aliphatic rings. The van der Waals surface area contributed by atoms with Gasteiger partial charge in [0.05, 0.1) is 30.7 Å². The van der Waals surface area contributed by atoms with E-state index in [4.69, 9.17) is 4.74 Å². The molecule has 0 spiro atoms. The molecule has 2 N–H and O–H groups in total. The number of fused-ring (bicyclic) bond motifs is 3. The van der Waals surface area contributed by atoms with Crippen molar-refractivity contribution in [3.8, 4) is 11.1 Å². The summed E-state index contributed by atoms with van der Waals surface area (Å²) in [6.07, 6.45) is -0.531. The Balaban J connectivity index is 1.36. The summed E-state index contributed by atoms with van der Waals surface area (Å²) in [6.45, 7) is 8.86. The highest BCUT2D eigenvalue weighted by Gasteiger charge is 2.40. The van der Waals surface area contributed by atoms with E-state index in [1.54, 1.807) is 0 Å². The van der Waals surface area contributed by atoms with Crippen molar-refractivity contribution in [3.05, 3.63) is 91.6 Å². The van der Waals surface area contributed by atoms with Crippen LogP contribution in [-0.2, 0) is 39.8 Å². The van der Waals surface area contributed by atoms with Gasteiger partial charge >= 0.3 is 12.1 Å². The van der Waals surface area contributed by atoms with Crippen LogP contribution in [0.4, 0.5) is 17.6 Å². The van der Waals surface area contributed by atoms with Crippen molar-refractivity contribution >= 4 is 11.9 Å². The Bertz CT molecular complexity index is 1860. The van der Waals surface area contributed by atoms with Crippen molar-refractivity contribution in [1.29, 1.82) is 0 Å². The van der Waals surface area contributed by atoms with Crippen molar-refractivity contribution < 1.29 is 37.0 Å². The molecule has 3 heterocycles. The maximum atomic E-state index is 14.3. The lowest BCUT2D eigenvalue weighted by Gasteiger charge is -2.28. The maximum Gasteiger partial charge on any atom is 0.416 e. The Morgan fingerprint density at radius 1 is 1.08 bits per heavy atom. The number of likely N-dealkylation sites (tertiary alicyclic amines) is 1. The first-order chi connectivity index (χ1) is 24.1. The van der Waals surface area contributed by atoms with Crippen LogP contribution >= 0.6 is 0 Å². The van der Waals surface area contributed by atoms with E-state index in [0.717, 1.165) is 63.6 Å². The molecule has 1 aliphatic carbocycles. The number of hydrogen-bond donors (Lipinski definition) is 2. The predicted octanol–water partition coefficient (Wildman–Crippen LogP) is 6.71. The predicted molar refractivity (Wildman–Crippen MR) is 184 cm³/mol. The van der Waals surface area contributed by atoms with Gasteiger partial charge in [-0.1, -0.05) is 19.9 Å². The monoisotopic (exact) mass is 711 g/mol. The number of nitrogens with zero attached hydrogens (tertiary/aromatic N) is 2. The number of carbonyl (C=O) groups excluding carboxylic acids is 1. The van der Waals surface area contributed by atoms with Gasteiger partial charge in [-0.05, 0) is 121 Å². The van der Waals surface area contributed by atoms with Gasteiger partial charge in [-0.15, -0.1) is 0 Å². The first kappa shape index (κ1) is 36.8. The number of alkyl halides is 3. The van der Waals surface area contributed by atoms with E-state index >= 15 is 0 Å². The number of aromatic nitrogens is 1. The molecular formula is C39H45F4N3O5. The minimum atomic E-state index is -4.77. The van der Waals surface area contributed by atoms with Crippen molar-refractivity contribution in [2.45, 2.75) is 103 Å². The smallest absolute Gasteiger partial charge is 0.416 e. The topological polar surface area (TPSA) is 101 Å². The molecule has 2 bridgehead atoms. The molecule has 1 amide bonds. The lowest BCUT2D eigenvalue weighted by molar-refractivity contribution is -0.139. The summed E-state index contributed by atoms with van der Waals surface area (Å²) in [5.74, 6) is -2.31. The number of carboxylic acids is 1. The fraction of sp³-hybridized carbons (Fsp3) is 0.513. The number of aliphatic carboxylic acids is 1. The van der Waals surface area contributed by atoms with Crippen LogP contribution in [0.2, 0.25) is 0 Å². The molecule has 2 saturated heterocycles. The van der Waals surface area contributed by atoms with Crippen LogP contribution in [0, 0.1) is 25.6 Å². The molecular weight excluding hydrogens is 666 g/mol. The van der Waals surface area contributed by atoms with Gasteiger partial charge in [0, 0.05) is 31.4 Å². The number of rotatable bonds is 12. The minimum absolute atomic E-state index is 0.0239. The molecule has 0 unspecified atom stereocenters. The Morgan fingerprint density at radius 2 is 1.80 bits per heavy atom. The maximum absolute atomic E-state index is 14.3. The summed E-state index contributed by atoms with van der Waals surface area (Å²) in [4.78, 5) is 42.0. The summed E-state index contributed by atoms with van der Waals surface area (Å²) in [5, 5.41) is 12.8. The second kappa shape index (κ2) is 14.5. The van der Waals surface area contributed by atoms with E-state index in [2.05, 4.69) is 10.2 Å². The number of pyridine rings is 1. The standard InChI is InChI=1S/C39H45F4N3O5/c1-21(2)10-34(46-18-25(32(16-35(46)47)39(41,42)43)8-9-45-19-29-15-28(45)20-51-29)38(50)44-33(17-36(48)49)26-13-24-6-5-7-30(24)31(14-26)37-22(3)11-27(40)12-23(37)4/h11-14,16,18,21,28-29,33-34H,5-10,15,17,19-20H2,1-4H3,(H,44,50)(H,48,49)/t28-,29-,33+,34+/m0/s1. The lowest BCUT2D eigenvalue weighted by atomic mass is 9.87. The third-order valence-electron chi connectivity index (χ3n) is 10.6. The summed E-state index contributed by atoms with van der Waals surface area (Å²) in [5.41, 5.74) is 3.80. The number of benzene rings is 2. The fourth-order valence-electron chi connectivity index (χ4n) is 8.29. The zero-order valence-electron chi connectivity index (χ0n) is 29.4. The first-order valence-corrected chi connectivity index (χ1v) is 17.7. The Kier molecular flexibility index (Phi) is 10.5. The van der Waals surface area contributed by atoms with Crippen LogP contribution in [-0.4, -0.2) is 58.3 Å². The van der Waals surface area contributed by atoms with Gasteiger partial charge in [-0.3, -0.25) is 19.3 Å². The van der Waals surface area contributed by atoms with Gasteiger partial charge in [-0.2, -0.15) is 13.2 Å². The fourth-order valence-corrected chi connectivity index (χ4v) is 8.29. The molecule has 2 fully saturated rings. The number of morpholine rings is 1. The number of ether oxygens (including phenoxy) is 1. The average molecular weight is 712 g/mol. The molecule has 0 saturated carbocycles. The van der Waals surface area contributed by atoms with Crippen molar-refractivity contribution in [1.82, 2.24) is 14.8 Å². The molecule has 3 aromatic rings. The van der Waals surface area contributed by atoms with E-state index in [0.29, 0.717) is 31.3 Å². The van der Waals surface area contributed by atoms with Gasteiger partial charge in [0.2, 0.25) is 5.91 Å². The van der Waals surface area contributed by atoms with Crippen LogP contribution in [0.1, 0.15) is 90.6 Å². The van der Waals surface area contributed by atoms with Crippen LogP contribution in [0.25, 0.3) is 11.1 Å². The summed E-state index contributed by atoms with van der Waals surface area (Å²) >= 11 is 0. The second-order valence-electron chi connectivity index (χ2n) is 14.8. The highest BCUT2D eigenvalue weighted by atomic mass is 19.4. The Morgan fingerprint density at radius 3 is 2.41 bits per heavy atom. The van der Waals surface area contributed by atoms with Gasteiger partial charge in [0.1, 0.15) is 11.9 Å². The SMILES string of the molecule is Cc1cc(F)cc(C)c1-c1cc([C@@H](CC(=O)O)NC(=O)[C@@H](CC(C)C)n2cc(CCN3C[C@@H]4C[C@H]3CO4)c(C(F)(F)F)cc2=O)cc2c1CCC2.